The smallest absolute Gasteiger partial charge is 0.386 e. The number of rotatable bonds is 4. The van der Waals surface area contributed by atoms with Crippen molar-refractivity contribution >= 4 is 24.7 Å². The Balaban J connectivity index is 1.71. The summed E-state index contributed by atoms with van der Waals surface area (Å²) in [6.07, 6.45) is -4.80. The van der Waals surface area contributed by atoms with Crippen LogP contribution in [0.3, 0.4) is 0 Å². The maximum absolute atomic E-state index is 14.1. The number of aromatic amines is 1. The molecule has 0 spiro atoms. The largest absolute Gasteiger partial charge is 0.390 e. The number of aromatic nitrogens is 3. The van der Waals surface area contributed by atoms with E-state index in [1.165, 1.54) is 24.4 Å². The Bertz CT molecular complexity index is 1490. The highest BCUT2D eigenvalue weighted by Crippen LogP contribution is 2.67. The summed E-state index contributed by atoms with van der Waals surface area (Å²) in [5.41, 5.74) is -0.373. The van der Waals surface area contributed by atoms with Gasteiger partial charge in [0.05, 0.1) is 28.0 Å². The topological polar surface area (TPSA) is 162 Å². The van der Waals surface area contributed by atoms with E-state index in [4.69, 9.17) is 5.73 Å². The Morgan fingerprint density at radius 3 is 2.51 bits per heavy atom. The van der Waals surface area contributed by atoms with E-state index in [0.29, 0.717) is 0 Å². The van der Waals surface area contributed by atoms with Gasteiger partial charge in [-0.2, -0.15) is 0 Å². The van der Waals surface area contributed by atoms with Crippen LogP contribution in [0.15, 0.2) is 35.3 Å². The molecule has 1 amide bonds. The molecule has 2 unspecified atom stereocenters. The lowest BCUT2D eigenvalue weighted by atomic mass is 9.73. The minimum Gasteiger partial charge on any atom is -0.386 e. The molecular formula is C23H22F4N4O5P+. The van der Waals surface area contributed by atoms with E-state index in [2.05, 4.69) is 15.0 Å². The van der Waals surface area contributed by atoms with Crippen molar-refractivity contribution in [2.45, 2.75) is 42.5 Å². The van der Waals surface area contributed by atoms with E-state index in [1.54, 1.807) is 0 Å². The number of amides is 1. The van der Waals surface area contributed by atoms with Crippen LogP contribution in [0.5, 0.6) is 0 Å². The molecule has 37 heavy (non-hydrogen) atoms. The molecule has 0 bridgehead atoms. The first-order valence-electron chi connectivity index (χ1n) is 11.3. The average Bonchev–Trinajstić information content (AvgIpc) is 2.79. The van der Waals surface area contributed by atoms with E-state index in [9.17, 15) is 42.1 Å². The number of alkyl halides is 2. The fourth-order valence-corrected chi connectivity index (χ4v) is 6.71. The molecule has 6 N–H and O–H groups in total. The van der Waals surface area contributed by atoms with Crippen LogP contribution in [-0.4, -0.2) is 60.5 Å². The van der Waals surface area contributed by atoms with Gasteiger partial charge in [0.25, 0.3) is 11.8 Å². The monoisotopic (exact) mass is 541 g/mol. The summed E-state index contributed by atoms with van der Waals surface area (Å²) in [7, 11) is -4.49. The van der Waals surface area contributed by atoms with Crippen LogP contribution in [0.1, 0.15) is 41.1 Å². The molecule has 1 aliphatic heterocycles. The van der Waals surface area contributed by atoms with Crippen molar-refractivity contribution in [2.24, 2.45) is 5.73 Å². The zero-order valence-corrected chi connectivity index (χ0v) is 20.0. The predicted octanol–water partition coefficient (Wildman–Crippen LogP) is 2.44. The highest BCUT2D eigenvalue weighted by Gasteiger charge is 2.60. The second-order valence-electron chi connectivity index (χ2n) is 9.69. The van der Waals surface area contributed by atoms with Crippen molar-refractivity contribution in [1.29, 1.82) is 0 Å². The molecule has 1 saturated heterocycles. The number of nitrogens with zero attached hydrogens (tertiary/aromatic N) is 2. The minimum atomic E-state index is -4.49. The Morgan fingerprint density at radius 2 is 1.89 bits per heavy atom. The van der Waals surface area contributed by atoms with Gasteiger partial charge in [-0.3, -0.25) is 19.6 Å². The van der Waals surface area contributed by atoms with Crippen LogP contribution in [-0.2, 0) is 11.2 Å². The van der Waals surface area contributed by atoms with Crippen LogP contribution in [0, 0.1) is 0 Å². The number of H-pyrrole nitrogens is 1. The fourth-order valence-electron chi connectivity index (χ4n) is 5.05. The molecule has 1 saturated carbocycles. The number of fused-ring (bicyclic) bond motifs is 1. The van der Waals surface area contributed by atoms with Crippen molar-refractivity contribution in [3.63, 3.8) is 0 Å². The molecule has 1 aliphatic carbocycles. The lowest BCUT2D eigenvalue weighted by Gasteiger charge is -2.43. The first kappa shape index (κ1) is 25.7. The Hall–Kier alpha value is -2.99. The number of carbonyl (C=O) groups excluding carboxylic acids is 1. The third kappa shape index (κ3) is 4.29. The molecule has 4 heterocycles. The van der Waals surface area contributed by atoms with Crippen molar-refractivity contribution < 1.29 is 37.3 Å². The van der Waals surface area contributed by atoms with Gasteiger partial charge < -0.3 is 26.0 Å². The van der Waals surface area contributed by atoms with Crippen LogP contribution in [0.25, 0.3) is 22.2 Å². The molecule has 0 aromatic carbocycles. The summed E-state index contributed by atoms with van der Waals surface area (Å²) in [4.78, 5) is 35.6. The molecule has 2 fully saturated rings. The van der Waals surface area contributed by atoms with Crippen molar-refractivity contribution in [2.75, 3.05) is 12.3 Å². The third-order valence-corrected chi connectivity index (χ3v) is 8.72. The number of hydrogen-bond donors (Lipinski definition) is 5. The second-order valence-corrected chi connectivity index (χ2v) is 12.0. The van der Waals surface area contributed by atoms with Crippen molar-refractivity contribution in [3.05, 3.63) is 57.8 Å². The van der Waals surface area contributed by atoms with Gasteiger partial charge in [0.15, 0.2) is 11.6 Å². The molecule has 9 nitrogen and oxygen atoms in total. The van der Waals surface area contributed by atoms with Gasteiger partial charge in [0.1, 0.15) is 29.2 Å². The van der Waals surface area contributed by atoms with Crippen LogP contribution >= 0.6 is 7.88 Å². The van der Waals surface area contributed by atoms with Crippen molar-refractivity contribution in [1.82, 2.24) is 15.0 Å². The third-order valence-electron chi connectivity index (χ3n) is 6.96. The molecular weight excluding hydrogens is 519 g/mol. The van der Waals surface area contributed by atoms with Gasteiger partial charge in [-0.05, 0) is 26.6 Å². The first-order chi connectivity index (χ1) is 17.1. The number of nitrogens with two attached hydrogens (primary N) is 1. The molecule has 3 aromatic heterocycles. The van der Waals surface area contributed by atoms with Crippen LogP contribution in [0.2, 0.25) is 0 Å². The van der Waals surface area contributed by atoms with Crippen molar-refractivity contribution in [3.8, 4) is 11.3 Å². The Morgan fingerprint density at radius 1 is 1.19 bits per heavy atom. The number of hydrogen-bond acceptors (Lipinski definition) is 7. The zero-order valence-electron chi connectivity index (χ0n) is 19.1. The molecule has 3 aromatic rings. The lowest BCUT2D eigenvalue weighted by molar-refractivity contribution is -0.212. The lowest BCUT2D eigenvalue weighted by Crippen LogP contribution is -2.51. The summed E-state index contributed by atoms with van der Waals surface area (Å²) < 4.78 is 55.4. The number of pyridine rings is 3. The maximum Gasteiger partial charge on any atom is 0.390 e. The highest BCUT2D eigenvalue weighted by molar-refractivity contribution is 7.65. The number of aliphatic hydroxyl groups excluding tert-OH is 1. The zero-order chi connectivity index (χ0) is 27.0. The number of aliphatic hydroxyl groups is 3. The maximum atomic E-state index is 14.1. The summed E-state index contributed by atoms with van der Waals surface area (Å²) in [6, 6.07) is 4.98. The fraction of sp³-hybridized carbons (Fsp3) is 0.391. The van der Waals surface area contributed by atoms with Gasteiger partial charge in [-0.15, -0.1) is 0 Å². The Kier molecular flexibility index (Phi) is 5.72. The average molecular weight is 541 g/mol. The quantitative estimate of drug-likeness (QED) is 0.250. The molecule has 196 valence electrons. The number of halogens is 4. The summed E-state index contributed by atoms with van der Waals surface area (Å²) in [5, 5.41) is 32.6. The highest BCUT2D eigenvalue weighted by atomic mass is 31.2. The van der Waals surface area contributed by atoms with Crippen LogP contribution < -0.4 is 11.2 Å². The number of primary amides is 1. The van der Waals surface area contributed by atoms with E-state index in [1.807, 2.05) is 0 Å². The van der Waals surface area contributed by atoms with E-state index >= 15 is 0 Å². The Labute approximate surface area is 207 Å². The summed E-state index contributed by atoms with van der Waals surface area (Å²) >= 11 is 0. The molecule has 14 heteroatoms. The van der Waals surface area contributed by atoms with E-state index in [0.717, 1.165) is 6.07 Å². The standard InChI is InChI=1S/C23H21F4N4O5P/c24-22(25)9-21(35,10-22)15-2-1-11(19(31-15)23(36)4-6-37(26,27)8-16(23)33)13-7-14(32)17-12(30-13)3-5-29-18(17)20(28)34/h1-3,5,7,16,33,35-36H,4,6,8-10H2,(H2-,28,29,30,32,34)/p+1. The normalized spacial score (nSPS) is 26.0. The molecule has 0 radical (unpaired) electrons. The summed E-state index contributed by atoms with van der Waals surface area (Å²) in [5.74, 6) is -4.07. The SMILES string of the molecule is NC(=O)c1nccc2[nH]c(-c3ccc(C4(O)CC(F)(F)C4)nc3C3(O)CC[P+](F)(F)CC3O)cc(=O)c12. The van der Waals surface area contributed by atoms with Gasteiger partial charge >= 0.3 is 7.88 Å². The van der Waals surface area contributed by atoms with Gasteiger partial charge in [-0.1, -0.05) is 0 Å². The number of carbonyl (C=O) groups is 1. The second kappa shape index (κ2) is 8.26. The van der Waals surface area contributed by atoms with Gasteiger partial charge in [-0.25, -0.2) is 8.78 Å². The number of nitrogens with one attached hydrogen (secondary N) is 1. The molecule has 2 aliphatic rings. The van der Waals surface area contributed by atoms with E-state index in [-0.39, 0.29) is 39.2 Å². The van der Waals surface area contributed by atoms with E-state index < -0.39 is 74.0 Å². The summed E-state index contributed by atoms with van der Waals surface area (Å²) in [6.45, 7) is 0. The molecule has 2 atom stereocenters. The van der Waals surface area contributed by atoms with Gasteiger partial charge in [0.2, 0.25) is 0 Å². The predicted molar refractivity (Wildman–Crippen MR) is 126 cm³/mol. The van der Waals surface area contributed by atoms with Gasteiger partial charge in [0, 0.05) is 37.1 Å². The van der Waals surface area contributed by atoms with Crippen LogP contribution in [0.4, 0.5) is 17.2 Å². The minimum absolute atomic E-state index is 0.0139. The first-order valence-corrected chi connectivity index (χ1v) is 13.2. The molecule has 5 rings (SSSR count).